The van der Waals surface area contributed by atoms with Gasteiger partial charge in [0.1, 0.15) is 16.7 Å². The quantitative estimate of drug-likeness (QED) is 0.380. The maximum atomic E-state index is 13.3. The van der Waals surface area contributed by atoms with E-state index in [1.54, 1.807) is 23.9 Å². The predicted octanol–water partition coefficient (Wildman–Crippen LogP) is 1.83. The lowest BCUT2D eigenvalue weighted by molar-refractivity contribution is -0.649. The van der Waals surface area contributed by atoms with Gasteiger partial charge in [-0.1, -0.05) is 23.2 Å². The first-order valence-corrected chi connectivity index (χ1v) is 9.99. The third-order valence-corrected chi connectivity index (χ3v) is 5.26. The average Bonchev–Trinajstić information content (AvgIpc) is 2.77. The van der Waals surface area contributed by atoms with E-state index in [-0.39, 0.29) is 22.8 Å². The van der Waals surface area contributed by atoms with Gasteiger partial charge in [0, 0.05) is 18.3 Å². The summed E-state index contributed by atoms with van der Waals surface area (Å²) >= 11 is 0. The first kappa shape index (κ1) is 20.3. The summed E-state index contributed by atoms with van der Waals surface area (Å²) in [6.07, 6.45) is 1.67. The minimum atomic E-state index is -0.334. The lowest BCUT2D eigenvalue weighted by Gasteiger charge is -2.13. The zero-order valence-corrected chi connectivity index (χ0v) is 17.7. The van der Waals surface area contributed by atoms with Gasteiger partial charge in [-0.15, -0.1) is 0 Å². The van der Waals surface area contributed by atoms with Crippen molar-refractivity contribution < 1.29 is 14.1 Å². The first-order valence-electron chi connectivity index (χ1n) is 9.99. The van der Waals surface area contributed by atoms with Gasteiger partial charge in [-0.25, -0.2) is 4.57 Å². The highest BCUT2D eigenvalue weighted by Gasteiger charge is 2.24. The molecule has 3 heterocycles. The van der Waals surface area contributed by atoms with Crippen molar-refractivity contribution in [3.63, 3.8) is 0 Å². The number of nitrogen functional groups attached to an aromatic ring is 1. The van der Waals surface area contributed by atoms with Gasteiger partial charge in [-0.3, -0.25) is 14.0 Å². The molecule has 0 fully saturated rings. The molecule has 0 spiro atoms. The molecule has 31 heavy (non-hydrogen) atoms. The molecule has 0 atom stereocenters. The van der Waals surface area contributed by atoms with E-state index in [1.807, 2.05) is 44.2 Å². The van der Waals surface area contributed by atoms with E-state index in [2.05, 4.69) is 5.32 Å². The summed E-state index contributed by atoms with van der Waals surface area (Å²) in [6.45, 7) is 4.51. The van der Waals surface area contributed by atoms with Gasteiger partial charge in [0.2, 0.25) is 11.5 Å². The number of benzene rings is 1. The molecule has 0 saturated carbocycles. The highest BCUT2D eigenvalue weighted by Crippen LogP contribution is 2.18. The number of rotatable bonds is 5. The van der Waals surface area contributed by atoms with E-state index in [0.29, 0.717) is 29.8 Å². The summed E-state index contributed by atoms with van der Waals surface area (Å²) in [6, 6.07) is 12.8. The molecule has 3 N–H and O–H groups in total. The smallest absolute Gasteiger partial charge is 0.278 e. The largest absolute Gasteiger partial charge is 0.497 e. The number of ether oxygens (including phenoxy) is 1. The van der Waals surface area contributed by atoms with Crippen LogP contribution in [0, 0.1) is 6.92 Å². The zero-order valence-electron chi connectivity index (χ0n) is 17.7. The minimum absolute atomic E-state index is 0.245. The number of nitrogens with zero attached hydrogens (tertiary/aromatic N) is 3. The van der Waals surface area contributed by atoms with Gasteiger partial charge in [-0.2, -0.15) is 0 Å². The molecule has 158 valence electrons. The Hall–Kier alpha value is -3.94. The Kier molecular flexibility index (Phi) is 5.29. The fourth-order valence-corrected chi connectivity index (χ4v) is 3.62. The number of nitrogens with two attached hydrogens (primary N) is 1. The number of aryl methyl sites for hydroxylation is 1. The van der Waals surface area contributed by atoms with E-state index >= 15 is 0 Å². The van der Waals surface area contributed by atoms with E-state index in [0.717, 1.165) is 16.9 Å². The Morgan fingerprint density at radius 2 is 2.00 bits per heavy atom. The van der Waals surface area contributed by atoms with E-state index < -0.39 is 0 Å². The monoisotopic (exact) mass is 418 g/mol. The summed E-state index contributed by atoms with van der Waals surface area (Å²) < 4.78 is 8.44. The molecule has 0 bridgehead atoms. The number of methoxy groups -OCH3 is 1. The topological polar surface area (TPSA) is 103 Å². The van der Waals surface area contributed by atoms with Gasteiger partial charge in [0.05, 0.1) is 13.7 Å². The van der Waals surface area contributed by atoms with Gasteiger partial charge in [-0.05, 0) is 43.7 Å². The molecule has 4 aromatic rings. The zero-order chi connectivity index (χ0) is 22.1. The summed E-state index contributed by atoms with van der Waals surface area (Å²) in [7, 11) is 1.61. The van der Waals surface area contributed by atoms with E-state index in [9.17, 15) is 9.59 Å². The number of carbonyl (C=O) groups is 1. The molecule has 8 heteroatoms. The van der Waals surface area contributed by atoms with Crippen LogP contribution in [0.1, 0.15) is 28.4 Å². The highest BCUT2D eigenvalue weighted by atomic mass is 16.5. The Bertz CT molecular complexity index is 1360. The normalized spacial score (nSPS) is 11.1. The molecular formula is C23H24N5O3+. The van der Waals surface area contributed by atoms with Crippen molar-refractivity contribution in [1.82, 2.24) is 14.7 Å². The Morgan fingerprint density at radius 3 is 2.68 bits per heavy atom. The average molecular weight is 418 g/mol. The number of fused-ring (bicyclic) bond motifs is 2. The Morgan fingerprint density at radius 1 is 1.26 bits per heavy atom. The molecule has 0 aliphatic carbocycles. The number of anilines is 1. The van der Waals surface area contributed by atoms with E-state index in [4.69, 9.17) is 15.5 Å². The van der Waals surface area contributed by atoms with Gasteiger partial charge in [0.15, 0.2) is 0 Å². The number of amides is 1. The number of hydrogen-bond acceptors (Lipinski definition) is 5. The lowest BCUT2D eigenvalue weighted by atomic mass is 10.1. The maximum absolute atomic E-state index is 13.3. The van der Waals surface area contributed by atoms with Crippen LogP contribution in [0.2, 0.25) is 0 Å². The van der Waals surface area contributed by atoms with Crippen molar-refractivity contribution in [2.24, 2.45) is 0 Å². The molecule has 3 aromatic heterocycles. The standard InChI is InChI=1S/C23H23N5O3/c1-4-25-22(29)17-12-18-21(26-20-14(2)6-5-11-27(20)23(18)30)28(19(17)24)13-15-7-9-16(31-3)10-8-15/h5-12,24H,4,13H2,1-3H3,(H,25,29)/p+1. The van der Waals surface area contributed by atoms with Crippen LogP contribution in [0.15, 0.2) is 53.5 Å². The fourth-order valence-electron chi connectivity index (χ4n) is 3.62. The van der Waals surface area contributed by atoms with Crippen LogP contribution >= 0.6 is 0 Å². The van der Waals surface area contributed by atoms with Crippen molar-refractivity contribution in [2.45, 2.75) is 20.4 Å². The lowest BCUT2D eigenvalue weighted by Crippen LogP contribution is -2.43. The fraction of sp³-hybridized carbons (Fsp3) is 0.217. The Balaban J connectivity index is 2.03. The summed E-state index contributed by atoms with van der Waals surface area (Å²) in [5.41, 5.74) is 9.21. The van der Waals surface area contributed by atoms with Crippen LogP contribution in [0.25, 0.3) is 16.7 Å². The highest BCUT2D eigenvalue weighted by molar-refractivity contribution is 6.00. The molecule has 1 amide bonds. The van der Waals surface area contributed by atoms with Crippen LogP contribution < -0.4 is 25.9 Å². The number of carbonyl (C=O) groups excluding carboxylic acids is 1. The molecule has 4 rings (SSSR count). The summed E-state index contributed by atoms with van der Waals surface area (Å²) in [5, 5.41) is 3.09. The van der Waals surface area contributed by atoms with E-state index in [1.165, 1.54) is 10.5 Å². The van der Waals surface area contributed by atoms with Crippen LogP contribution in [0.4, 0.5) is 5.82 Å². The molecule has 0 aliphatic heterocycles. The molecule has 0 radical (unpaired) electrons. The Labute approximate surface area is 178 Å². The van der Waals surface area contributed by atoms with Crippen molar-refractivity contribution >= 4 is 28.4 Å². The maximum Gasteiger partial charge on any atom is 0.278 e. The molecule has 0 saturated heterocycles. The second kappa shape index (κ2) is 8.06. The molecule has 8 nitrogen and oxygen atoms in total. The molecule has 0 unspecified atom stereocenters. The summed E-state index contributed by atoms with van der Waals surface area (Å²) in [5.74, 6) is 0.652. The number of aromatic nitrogens is 3. The van der Waals surface area contributed by atoms with Crippen LogP contribution in [0.3, 0.4) is 0 Å². The van der Waals surface area contributed by atoms with Gasteiger partial charge >= 0.3 is 0 Å². The van der Waals surface area contributed by atoms with Gasteiger partial charge in [0.25, 0.3) is 17.1 Å². The number of hydrogen-bond donors (Lipinski definition) is 2. The second-order valence-electron chi connectivity index (χ2n) is 7.28. The number of nitrogens with one attached hydrogen (secondary N) is 1. The SMILES string of the molecule is CCNC(=O)c1cc2c(=O)n3cccc(C)c3nc2[n+](Cc2ccc(OC)cc2)c1N. The van der Waals surface area contributed by atoms with Crippen LogP contribution in [-0.4, -0.2) is 28.9 Å². The van der Waals surface area contributed by atoms with Gasteiger partial charge < -0.3 is 15.8 Å². The second-order valence-corrected chi connectivity index (χ2v) is 7.28. The molecule has 0 aliphatic rings. The van der Waals surface area contributed by atoms with Crippen molar-refractivity contribution in [3.8, 4) is 5.75 Å². The predicted molar refractivity (Wildman–Crippen MR) is 118 cm³/mol. The number of pyridine rings is 2. The van der Waals surface area contributed by atoms with Crippen molar-refractivity contribution in [3.05, 3.63) is 75.7 Å². The summed E-state index contributed by atoms with van der Waals surface area (Å²) in [4.78, 5) is 30.7. The molecular weight excluding hydrogens is 394 g/mol. The molecule has 1 aromatic carbocycles. The third-order valence-electron chi connectivity index (χ3n) is 5.26. The van der Waals surface area contributed by atoms with Crippen molar-refractivity contribution in [1.29, 1.82) is 0 Å². The van der Waals surface area contributed by atoms with Crippen molar-refractivity contribution in [2.75, 3.05) is 19.4 Å². The van der Waals surface area contributed by atoms with Crippen LogP contribution in [0.5, 0.6) is 5.75 Å². The third kappa shape index (κ3) is 3.56. The van der Waals surface area contributed by atoms with Crippen LogP contribution in [-0.2, 0) is 6.54 Å². The first-order chi connectivity index (χ1) is 14.9. The minimum Gasteiger partial charge on any atom is -0.497 e.